The molecule has 0 bridgehead atoms. The molecule has 0 aliphatic rings. The second kappa shape index (κ2) is 9.34. The van der Waals surface area contributed by atoms with Gasteiger partial charge in [0.2, 0.25) is 0 Å². The van der Waals surface area contributed by atoms with Gasteiger partial charge in [-0.3, -0.25) is 0 Å². The SMILES string of the molecule is CCCNCC(OCCOC)c1ccc(Cl)cc1. The molecule has 0 radical (unpaired) electrons. The second-order valence-electron chi connectivity index (χ2n) is 4.11. The van der Waals surface area contributed by atoms with E-state index in [4.69, 9.17) is 21.1 Å². The molecule has 1 rings (SSSR count). The molecule has 1 N–H and O–H groups in total. The first-order valence-electron chi connectivity index (χ1n) is 6.34. The van der Waals surface area contributed by atoms with E-state index in [2.05, 4.69) is 12.2 Å². The zero-order chi connectivity index (χ0) is 13.2. The highest BCUT2D eigenvalue weighted by molar-refractivity contribution is 6.30. The van der Waals surface area contributed by atoms with Crippen molar-refractivity contribution in [3.05, 3.63) is 34.9 Å². The van der Waals surface area contributed by atoms with Crippen molar-refractivity contribution in [1.29, 1.82) is 0 Å². The first-order valence-corrected chi connectivity index (χ1v) is 6.72. The van der Waals surface area contributed by atoms with Gasteiger partial charge in [-0.25, -0.2) is 0 Å². The van der Waals surface area contributed by atoms with E-state index in [0.717, 1.165) is 30.1 Å². The monoisotopic (exact) mass is 271 g/mol. The lowest BCUT2D eigenvalue weighted by molar-refractivity contribution is 0.0167. The number of benzene rings is 1. The van der Waals surface area contributed by atoms with E-state index >= 15 is 0 Å². The van der Waals surface area contributed by atoms with Crippen LogP contribution >= 0.6 is 11.6 Å². The molecule has 0 saturated heterocycles. The third-order valence-electron chi connectivity index (χ3n) is 2.60. The molecule has 102 valence electrons. The Kier molecular flexibility index (Phi) is 8.01. The summed E-state index contributed by atoms with van der Waals surface area (Å²) in [5.41, 5.74) is 1.14. The van der Waals surface area contributed by atoms with Gasteiger partial charge in [-0.2, -0.15) is 0 Å². The molecule has 1 aromatic carbocycles. The van der Waals surface area contributed by atoms with Gasteiger partial charge >= 0.3 is 0 Å². The van der Waals surface area contributed by atoms with Crippen molar-refractivity contribution in [3.63, 3.8) is 0 Å². The van der Waals surface area contributed by atoms with Gasteiger partial charge in [-0.1, -0.05) is 30.7 Å². The summed E-state index contributed by atoms with van der Waals surface area (Å²) in [6.45, 7) is 5.16. The molecule has 0 saturated carbocycles. The average Bonchev–Trinajstić information content (AvgIpc) is 2.38. The summed E-state index contributed by atoms with van der Waals surface area (Å²) in [5.74, 6) is 0. The molecule has 4 heteroatoms. The summed E-state index contributed by atoms with van der Waals surface area (Å²) in [6, 6.07) is 7.80. The van der Waals surface area contributed by atoms with Gasteiger partial charge in [0, 0.05) is 18.7 Å². The van der Waals surface area contributed by atoms with E-state index in [1.165, 1.54) is 0 Å². The number of hydrogen-bond acceptors (Lipinski definition) is 3. The number of ether oxygens (including phenoxy) is 2. The highest BCUT2D eigenvalue weighted by atomic mass is 35.5. The van der Waals surface area contributed by atoms with E-state index in [1.54, 1.807) is 7.11 Å². The van der Waals surface area contributed by atoms with Crippen LogP contribution in [0, 0.1) is 0 Å². The Bertz CT molecular complexity index is 306. The van der Waals surface area contributed by atoms with Crippen molar-refractivity contribution in [2.24, 2.45) is 0 Å². The molecule has 0 aromatic heterocycles. The van der Waals surface area contributed by atoms with Crippen LogP contribution in [0.3, 0.4) is 0 Å². The summed E-state index contributed by atoms with van der Waals surface area (Å²) in [7, 11) is 1.68. The lowest BCUT2D eigenvalue weighted by Crippen LogP contribution is -2.25. The first-order chi connectivity index (χ1) is 8.77. The fourth-order valence-electron chi connectivity index (χ4n) is 1.63. The third kappa shape index (κ3) is 5.83. The standard InChI is InChI=1S/C14H22ClNO2/c1-3-8-16-11-14(18-10-9-17-2)12-4-6-13(15)7-5-12/h4-7,14,16H,3,8-11H2,1-2H3. The minimum atomic E-state index is 0.0453. The minimum absolute atomic E-state index is 0.0453. The maximum Gasteiger partial charge on any atom is 0.0950 e. The Morgan fingerprint density at radius 2 is 1.94 bits per heavy atom. The molecule has 0 spiro atoms. The molecular formula is C14H22ClNO2. The highest BCUT2D eigenvalue weighted by Gasteiger charge is 2.11. The van der Waals surface area contributed by atoms with Crippen LogP contribution in [0.4, 0.5) is 0 Å². The molecule has 0 aliphatic heterocycles. The van der Waals surface area contributed by atoms with Gasteiger partial charge in [0.15, 0.2) is 0 Å². The van der Waals surface area contributed by atoms with Gasteiger partial charge < -0.3 is 14.8 Å². The summed E-state index contributed by atoms with van der Waals surface area (Å²) in [5, 5.41) is 4.12. The van der Waals surface area contributed by atoms with Crippen LogP contribution in [0.15, 0.2) is 24.3 Å². The quantitative estimate of drug-likeness (QED) is 0.701. The minimum Gasteiger partial charge on any atom is -0.382 e. The molecule has 3 nitrogen and oxygen atoms in total. The zero-order valence-electron chi connectivity index (χ0n) is 11.1. The predicted octanol–water partition coefficient (Wildman–Crippen LogP) is 3.04. The number of rotatable bonds is 9. The van der Waals surface area contributed by atoms with E-state index in [1.807, 2.05) is 24.3 Å². The van der Waals surface area contributed by atoms with Gasteiger partial charge in [-0.05, 0) is 30.7 Å². The largest absolute Gasteiger partial charge is 0.382 e. The summed E-state index contributed by atoms with van der Waals surface area (Å²) in [6.07, 6.45) is 1.16. The molecule has 0 amide bonds. The van der Waals surface area contributed by atoms with E-state index in [-0.39, 0.29) is 6.10 Å². The second-order valence-corrected chi connectivity index (χ2v) is 4.54. The fraction of sp³-hybridized carbons (Fsp3) is 0.571. The Hall–Kier alpha value is -0.610. The lowest BCUT2D eigenvalue weighted by Gasteiger charge is -2.19. The van der Waals surface area contributed by atoms with E-state index in [9.17, 15) is 0 Å². The third-order valence-corrected chi connectivity index (χ3v) is 2.86. The van der Waals surface area contributed by atoms with Crippen molar-refractivity contribution < 1.29 is 9.47 Å². The maximum absolute atomic E-state index is 5.89. The maximum atomic E-state index is 5.89. The summed E-state index contributed by atoms with van der Waals surface area (Å²) >= 11 is 5.89. The zero-order valence-corrected chi connectivity index (χ0v) is 11.9. The van der Waals surface area contributed by atoms with Crippen LogP contribution in [0.1, 0.15) is 25.0 Å². The Balaban J connectivity index is 2.54. The van der Waals surface area contributed by atoms with Crippen molar-refractivity contribution in [2.45, 2.75) is 19.4 Å². The van der Waals surface area contributed by atoms with Crippen LogP contribution in [-0.2, 0) is 9.47 Å². The molecule has 0 fully saturated rings. The number of methoxy groups -OCH3 is 1. The van der Waals surface area contributed by atoms with Crippen LogP contribution < -0.4 is 5.32 Å². The Morgan fingerprint density at radius 3 is 2.56 bits per heavy atom. The molecule has 1 atom stereocenters. The fourth-order valence-corrected chi connectivity index (χ4v) is 1.76. The topological polar surface area (TPSA) is 30.5 Å². The van der Waals surface area contributed by atoms with Crippen LogP contribution in [0.5, 0.6) is 0 Å². The van der Waals surface area contributed by atoms with Gasteiger partial charge in [-0.15, -0.1) is 0 Å². The number of nitrogens with one attached hydrogen (secondary N) is 1. The average molecular weight is 272 g/mol. The number of halogens is 1. The molecule has 18 heavy (non-hydrogen) atoms. The smallest absolute Gasteiger partial charge is 0.0950 e. The molecule has 1 aromatic rings. The van der Waals surface area contributed by atoms with Gasteiger partial charge in [0.05, 0.1) is 19.3 Å². The van der Waals surface area contributed by atoms with Crippen LogP contribution in [0.25, 0.3) is 0 Å². The molecule has 0 aliphatic carbocycles. The molecular weight excluding hydrogens is 250 g/mol. The van der Waals surface area contributed by atoms with Crippen molar-refractivity contribution in [2.75, 3.05) is 33.4 Å². The van der Waals surface area contributed by atoms with Crippen LogP contribution in [-0.4, -0.2) is 33.4 Å². The summed E-state index contributed by atoms with van der Waals surface area (Å²) in [4.78, 5) is 0. The normalized spacial score (nSPS) is 12.6. The lowest BCUT2D eigenvalue weighted by atomic mass is 10.1. The van der Waals surface area contributed by atoms with Crippen molar-refractivity contribution >= 4 is 11.6 Å². The van der Waals surface area contributed by atoms with E-state index < -0.39 is 0 Å². The first kappa shape index (κ1) is 15.4. The van der Waals surface area contributed by atoms with Crippen LogP contribution in [0.2, 0.25) is 5.02 Å². The van der Waals surface area contributed by atoms with Gasteiger partial charge in [0.25, 0.3) is 0 Å². The Labute approximate surface area is 114 Å². The Morgan fingerprint density at radius 1 is 1.22 bits per heavy atom. The highest BCUT2D eigenvalue weighted by Crippen LogP contribution is 2.19. The van der Waals surface area contributed by atoms with Crippen molar-refractivity contribution in [1.82, 2.24) is 5.32 Å². The summed E-state index contributed by atoms with van der Waals surface area (Å²) < 4.78 is 10.8. The van der Waals surface area contributed by atoms with Crippen molar-refractivity contribution in [3.8, 4) is 0 Å². The predicted molar refractivity (Wildman–Crippen MR) is 75.2 cm³/mol. The molecule has 0 heterocycles. The number of hydrogen-bond donors (Lipinski definition) is 1. The molecule has 1 unspecified atom stereocenters. The van der Waals surface area contributed by atoms with Gasteiger partial charge in [0.1, 0.15) is 0 Å². The van der Waals surface area contributed by atoms with E-state index in [0.29, 0.717) is 13.2 Å².